The Morgan fingerprint density at radius 2 is 1.69 bits per heavy atom. The summed E-state index contributed by atoms with van der Waals surface area (Å²) in [4.78, 5) is 20.4. The average molecular weight is 406 g/mol. The fourth-order valence-corrected chi connectivity index (χ4v) is 3.64. The highest BCUT2D eigenvalue weighted by atomic mass is 19.4. The maximum atomic E-state index is 12.7. The second-order valence-corrected chi connectivity index (χ2v) is 7.49. The van der Waals surface area contributed by atoms with Gasteiger partial charge in [0.15, 0.2) is 0 Å². The number of nitrogens with zero attached hydrogens (tertiary/aromatic N) is 3. The number of aromatic nitrogens is 1. The standard InChI is InChI=1S/C21H25F3N4O/c1-14-10-15(2)20(16(3)11-14)26-19(29)13-27-6-8-28(9-7-27)18-5-4-17(12-25-18)21(22,23)24/h4-5,10-12H,6-9,13H2,1-3H3,(H,26,29). The van der Waals surface area contributed by atoms with Crippen molar-refractivity contribution >= 4 is 17.4 Å². The largest absolute Gasteiger partial charge is 0.417 e. The molecule has 1 aliphatic rings. The van der Waals surface area contributed by atoms with E-state index in [1.165, 1.54) is 6.07 Å². The first-order valence-corrected chi connectivity index (χ1v) is 9.52. The molecule has 3 rings (SSSR count). The number of benzene rings is 1. The molecule has 0 atom stereocenters. The Kier molecular flexibility index (Phi) is 6.12. The number of alkyl halides is 3. The van der Waals surface area contributed by atoms with E-state index in [0.717, 1.165) is 34.6 Å². The SMILES string of the molecule is Cc1cc(C)c(NC(=O)CN2CCN(c3ccc(C(F)(F)F)cn3)CC2)c(C)c1. The summed E-state index contributed by atoms with van der Waals surface area (Å²) in [6.45, 7) is 8.75. The van der Waals surface area contributed by atoms with E-state index >= 15 is 0 Å². The molecule has 2 aromatic rings. The third-order valence-electron chi connectivity index (χ3n) is 5.08. The van der Waals surface area contributed by atoms with Crippen molar-refractivity contribution in [2.75, 3.05) is 42.9 Å². The summed E-state index contributed by atoms with van der Waals surface area (Å²) >= 11 is 0. The predicted molar refractivity (Wildman–Crippen MR) is 107 cm³/mol. The molecule has 0 aliphatic carbocycles. The topological polar surface area (TPSA) is 48.5 Å². The van der Waals surface area contributed by atoms with E-state index in [4.69, 9.17) is 0 Å². The molecule has 0 spiro atoms. The van der Waals surface area contributed by atoms with Gasteiger partial charge >= 0.3 is 6.18 Å². The number of anilines is 2. The van der Waals surface area contributed by atoms with E-state index in [9.17, 15) is 18.0 Å². The molecule has 0 bridgehead atoms. The van der Waals surface area contributed by atoms with Gasteiger partial charge in [0.1, 0.15) is 5.82 Å². The van der Waals surface area contributed by atoms with Crippen LogP contribution in [0.3, 0.4) is 0 Å². The van der Waals surface area contributed by atoms with Crippen molar-refractivity contribution in [3.8, 4) is 0 Å². The van der Waals surface area contributed by atoms with Crippen LogP contribution in [0.2, 0.25) is 0 Å². The summed E-state index contributed by atoms with van der Waals surface area (Å²) in [6, 6.07) is 6.53. The number of hydrogen-bond donors (Lipinski definition) is 1. The number of carbonyl (C=O) groups excluding carboxylic acids is 1. The summed E-state index contributed by atoms with van der Waals surface area (Å²) in [5.74, 6) is 0.453. The summed E-state index contributed by atoms with van der Waals surface area (Å²) in [5, 5.41) is 3.00. The van der Waals surface area contributed by atoms with Crippen molar-refractivity contribution in [3.63, 3.8) is 0 Å². The average Bonchev–Trinajstić information content (AvgIpc) is 2.65. The van der Waals surface area contributed by atoms with Crippen molar-refractivity contribution in [2.45, 2.75) is 26.9 Å². The number of carbonyl (C=O) groups is 1. The molecule has 1 aromatic carbocycles. The minimum Gasteiger partial charge on any atom is -0.354 e. The maximum absolute atomic E-state index is 12.7. The van der Waals surface area contributed by atoms with E-state index in [0.29, 0.717) is 32.0 Å². The number of halogens is 3. The van der Waals surface area contributed by atoms with Crippen LogP contribution in [0.5, 0.6) is 0 Å². The molecule has 1 amide bonds. The zero-order chi connectivity index (χ0) is 21.2. The molecule has 29 heavy (non-hydrogen) atoms. The van der Waals surface area contributed by atoms with Crippen LogP contribution in [0, 0.1) is 20.8 Å². The van der Waals surface area contributed by atoms with Crippen LogP contribution in [-0.2, 0) is 11.0 Å². The molecule has 8 heteroatoms. The molecule has 1 N–H and O–H groups in total. The number of hydrogen-bond acceptors (Lipinski definition) is 4. The van der Waals surface area contributed by atoms with Crippen molar-refractivity contribution in [3.05, 3.63) is 52.7 Å². The van der Waals surface area contributed by atoms with Gasteiger partial charge in [-0.05, 0) is 44.0 Å². The van der Waals surface area contributed by atoms with Crippen molar-refractivity contribution < 1.29 is 18.0 Å². The van der Waals surface area contributed by atoms with E-state index in [-0.39, 0.29) is 12.5 Å². The number of piperazine rings is 1. The summed E-state index contributed by atoms with van der Waals surface area (Å²) in [7, 11) is 0. The monoisotopic (exact) mass is 406 g/mol. The highest BCUT2D eigenvalue weighted by molar-refractivity contribution is 5.93. The minimum absolute atomic E-state index is 0.0684. The third kappa shape index (κ3) is 5.26. The highest BCUT2D eigenvalue weighted by Crippen LogP contribution is 2.29. The minimum atomic E-state index is -4.38. The summed E-state index contributed by atoms with van der Waals surface area (Å²) < 4.78 is 38.0. The van der Waals surface area contributed by atoms with Gasteiger partial charge in [-0.15, -0.1) is 0 Å². The Bertz CT molecular complexity index is 849. The van der Waals surface area contributed by atoms with Crippen molar-refractivity contribution in [1.82, 2.24) is 9.88 Å². The Morgan fingerprint density at radius 1 is 1.07 bits per heavy atom. The molecule has 0 radical (unpaired) electrons. The molecule has 0 unspecified atom stereocenters. The van der Waals surface area contributed by atoms with Gasteiger partial charge < -0.3 is 10.2 Å². The first-order valence-electron chi connectivity index (χ1n) is 9.52. The molecule has 2 heterocycles. The fourth-order valence-electron chi connectivity index (χ4n) is 3.64. The molecule has 5 nitrogen and oxygen atoms in total. The molecule has 156 valence electrons. The molecule has 1 aliphatic heterocycles. The zero-order valence-corrected chi connectivity index (χ0v) is 16.8. The summed E-state index contributed by atoms with van der Waals surface area (Å²) in [6.07, 6.45) is -3.52. The lowest BCUT2D eigenvalue weighted by Crippen LogP contribution is -2.49. The van der Waals surface area contributed by atoms with Gasteiger partial charge in [0, 0.05) is 38.1 Å². The molecule has 1 saturated heterocycles. The van der Waals surface area contributed by atoms with Crippen LogP contribution in [0.1, 0.15) is 22.3 Å². The number of amides is 1. The second kappa shape index (κ2) is 8.41. The first kappa shape index (κ1) is 21.1. The lowest BCUT2D eigenvalue weighted by molar-refractivity contribution is -0.137. The van der Waals surface area contributed by atoms with Crippen LogP contribution in [0.15, 0.2) is 30.5 Å². The zero-order valence-electron chi connectivity index (χ0n) is 16.8. The van der Waals surface area contributed by atoms with Crippen LogP contribution in [0.4, 0.5) is 24.7 Å². The molecular formula is C21H25F3N4O. The van der Waals surface area contributed by atoms with Crippen LogP contribution < -0.4 is 10.2 Å². The molecule has 1 fully saturated rings. The third-order valence-corrected chi connectivity index (χ3v) is 5.08. The van der Waals surface area contributed by atoms with E-state index in [1.807, 2.05) is 42.7 Å². The van der Waals surface area contributed by atoms with Gasteiger partial charge in [-0.25, -0.2) is 4.98 Å². The van der Waals surface area contributed by atoms with Gasteiger partial charge in [-0.3, -0.25) is 9.69 Å². The predicted octanol–water partition coefficient (Wildman–Crippen LogP) is 3.79. The smallest absolute Gasteiger partial charge is 0.354 e. The first-order chi connectivity index (χ1) is 13.6. The maximum Gasteiger partial charge on any atom is 0.417 e. The van der Waals surface area contributed by atoms with Crippen molar-refractivity contribution in [1.29, 1.82) is 0 Å². The van der Waals surface area contributed by atoms with E-state index < -0.39 is 11.7 Å². The summed E-state index contributed by atoms with van der Waals surface area (Å²) in [5.41, 5.74) is 3.33. The van der Waals surface area contributed by atoms with Crippen LogP contribution in [-0.4, -0.2) is 48.5 Å². The van der Waals surface area contributed by atoms with Crippen molar-refractivity contribution in [2.24, 2.45) is 0 Å². The van der Waals surface area contributed by atoms with Gasteiger partial charge in [0.05, 0.1) is 12.1 Å². The van der Waals surface area contributed by atoms with Gasteiger partial charge in [-0.1, -0.05) is 17.7 Å². The number of rotatable bonds is 4. The Labute approximate surface area is 168 Å². The molecular weight excluding hydrogens is 381 g/mol. The molecule has 1 aromatic heterocycles. The normalized spacial score (nSPS) is 15.4. The lowest BCUT2D eigenvalue weighted by Gasteiger charge is -2.35. The molecule has 0 saturated carbocycles. The van der Waals surface area contributed by atoms with Crippen LogP contribution >= 0.6 is 0 Å². The van der Waals surface area contributed by atoms with E-state index in [2.05, 4.69) is 10.3 Å². The Morgan fingerprint density at radius 3 is 2.21 bits per heavy atom. The highest BCUT2D eigenvalue weighted by Gasteiger charge is 2.31. The Balaban J connectivity index is 1.53. The number of nitrogens with one attached hydrogen (secondary N) is 1. The lowest BCUT2D eigenvalue weighted by atomic mass is 10.1. The van der Waals surface area contributed by atoms with Gasteiger partial charge in [0.25, 0.3) is 0 Å². The number of aryl methyl sites for hydroxylation is 3. The number of pyridine rings is 1. The quantitative estimate of drug-likeness (QED) is 0.840. The fraction of sp³-hybridized carbons (Fsp3) is 0.429. The van der Waals surface area contributed by atoms with Gasteiger partial charge in [0.2, 0.25) is 5.91 Å². The second-order valence-electron chi connectivity index (χ2n) is 7.49. The van der Waals surface area contributed by atoms with Gasteiger partial charge in [-0.2, -0.15) is 13.2 Å². The van der Waals surface area contributed by atoms with Crippen LogP contribution in [0.25, 0.3) is 0 Å². The van der Waals surface area contributed by atoms with E-state index in [1.54, 1.807) is 0 Å². The Hall–Kier alpha value is -2.61.